The summed E-state index contributed by atoms with van der Waals surface area (Å²) in [6.45, 7) is 5.37. The number of phenols is 1. The number of para-hydroxylation sites is 1. The van der Waals surface area contributed by atoms with Crippen LogP contribution in [0.15, 0.2) is 49.1 Å². The molecule has 2 amide bonds. The summed E-state index contributed by atoms with van der Waals surface area (Å²) in [7, 11) is 0. The highest BCUT2D eigenvalue weighted by molar-refractivity contribution is 5.98. The summed E-state index contributed by atoms with van der Waals surface area (Å²) in [5.74, 6) is -0.146. The molecular weight excluding hydrogens is 358 g/mol. The summed E-state index contributed by atoms with van der Waals surface area (Å²) < 4.78 is 0. The number of aromatic amines is 1. The maximum atomic E-state index is 12.8. The molecule has 3 aromatic rings. The lowest BCUT2D eigenvalue weighted by molar-refractivity contribution is -0.127. The highest BCUT2D eigenvalue weighted by Crippen LogP contribution is 2.28. The van der Waals surface area contributed by atoms with Gasteiger partial charge in [-0.1, -0.05) is 18.7 Å². The minimum absolute atomic E-state index is 0.120. The van der Waals surface area contributed by atoms with Crippen molar-refractivity contribution in [2.45, 2.75) is 0 Å². The van der Waals surface area contributed by atoms with Crippen LogP contribution in [0.2, 0.25) is 0 Å². The maximum absolute atomic E-state index is 12.8. The molecule has 1 aliphatic rings. The number of carbonyl (C=O) groups excluding carboxylic acids is 2. The number of phenolic OH excluding ortho intramolecular Hbond substituents is 1. The van der Waals surface area contributed by atoms with Crippen LogP contribution < -0.4 is 0 Å². The quantitative estimate of drug-likeness (QED) is 0.678. The molecule has 0 radical (unpaired) electrons. The number of hydrogen-bond acceptors (Lipinski definition) is 5. The number of nitrogens with zero attached hydrogens (tertiary/aromatic N) is 4. The van der Waals surface area contributed by atoms with Crippen LogP contribution >= 0.6 is 0 Å². The van der Waals surface area contributed by atoms with E-state index in [-0.39, 0.29) is 17.6 Å². The molecule has 2 N–H and O–H groups in total. The van der Waals surface area contributed by atoms with Crippen LogP contribution in [0.5, 0.6) is 5.75 Å². The lowest BCUT2D eigenvalue weighted by Crippen LogP contribution is -2.50. The lowest BCUT2D eigenvalue weighted by atomic mass is 10.1. The van der Waals surface area contributed by atoms with E-state index in [0.717, 1.165) is 5.39 Å². The van der Waals surface area contributed by atoms with Gasteiger partial charge in [0, 0.05) is 37.1 Å². The number of hydrogen-bond donors (Lipinski definition) is 2. The van der Waals surface area contributed by atoms with Gasteiger partial charge in [0.25, 0.3) is 5.91 Å². The summed E-state index contributed by atoms with van der Waals surface area (Å²) in [6.07, 6.45) is 1.29. The Morgan fingerprint density at radius 2 is 1.79 bits per heavy atom. The van der Waals surface area contributed by atoms with E-state index in [1.165, 1.54) is 6.08 Å². The van der Waals surface area contributed by atoms with Gasteiger partial charge in [-0.3, -0.25) is 9.59 Å². The number of piperazine rings is 1. The second kappa shape index (κ2) is 7.15. The van der Waals surface area contributed by atoms with Gasteiger partial charge < -0.3 is 19.9 Å². The van der Waals surface area contributed by atoms with E-state index in [9.17, 15) is 14.7 Å². The van der Waals surface area contributed by atoms with Crippen molar-refractivity contribution in [1.29, 1.82) is 0 Å². The van der Waals surface area contributed by atoms with Crippen LogP contribution in [0.25, 0.3) is 22.3 Å². The third-order valence-electron chi connectivity index (χ3n) is 4.84. The van der Waals surface area contributed by atoms with Gasteiger partial charge in [-0.15, -0.1) is 10.2 Å². The maximum Gasteiger partial charge on any atom is 0.270 e. The molecule has 0 aliphatic carbocycles. The van der Waals surface area contributed by atoms with Gasteiger partial charge in [0.05, 0.1) is 5.69 Å². The van der Waals surface area contributed by atoms with Gasteiger partial charge >= 0.3 is 0 Å². The summed E-state index contributed by atoms with van der Waals surface area (Å²) in [5.41, 5.74) is 2.03. The van der Waals surface area contributed by atoms with Crippen molar-refractivity contribution >= 4 is 22.8 Å². The molecule has 1 aliphatic heterocycles. The number of benzene rings is 1. The molecule has 0 bridgehead atoms. The predicted molar refractivity (Wildman–Crippen MR) is 104 cm³/mol. The number of carbonyl (C=O) groups is 2. The summed E-state index contributed by atoms with van der Waals surface area (Å²) in [5, 5.41) is 19.0. The molecule has 142 valence electrons. The number of aromatic nitrogens is 3. The minimum Gasteiger partial charge on any atom is -0.507 e. The first-order chi connectivity index (χ1) is 13.6. The first-order valence-corrected chi connectivity index (χ1v) is 8.92. The molecule has 1 aromatic carbocycles. The molecule has 0 atom stereocenters. The minimum atomic E-state index is -0.146. The summed E-state index contributed by atoms with van der Waals surface area (Å²) in [6, 6.07) is 10.4. The first kappa shape index (κ1) is 17.7. The van der Waals surface area contributed by atoms with Crippen molar-refractivity contribution in [3.8, 4) is 17.0 Å². The molecule has 1 fully saturated rings. The zero-order valence-electron chi connectivity index (χ0n) is 15.1. The van der Waals surface area contributed by atoms with Crippen molar-refractivity contribution in [2.75, 3.05) is 26.2 Å². The fourth-order valence-electron chi connectivity index (χ4n) is 3.30. The van der Waals surface area contributed by atoms with Gasteiger partial charge in [0.15, 0.2) is 5.65 Å². The number of amides is 2. The lowest BCUT2D eigenvalue weighted by Gasteiger charge is -2.34. The van der Waals surface area contributed by atoms with E-state index in [1.807, 2.05) is 6.07 Å². The molecule has 0 unspecified atom stereocenters. The SMILES string of the molecule is C=CC(=O)N1CCN(C(=O)c2cc3cc(-c4ccccc4O)nnc3[nH]2)CC1. The Labute approximate surface area is 161 Å². The molecule has 4 rings (SSSR count). The first-order valence-electron chi connectivity index (χ1n) is 8.92. The molecule has 8 nitrogen and oxygen atoms in total. The molecule has 2 aromatic heterocycles. The number of rotatable bonds is 3. The average molecular weight is 377 g/mol. The second-order valence-electron chi connectivity index (χ2n) is 6.56. The van der Waals surface area contributed by atoms with Crippen LogP contribution in [0, 0.1) is 0 Å². The van der Waals surface area contributed by atoms with E-state index in [2.05, 4.69) is 21.8 Å². The van der Waals surface area contributed by atoms with Gasteiger partial charge in [0.2, 0.25) is 5.91 Å². The summed E-state index contributed by atoms with van der Waals surface area (Å²) >= 11 is 0. The standard InChI is InChI=1S/C20H19N5O3/c1-2-18(27)24-7-9-25(10-8-24)20(28)16-12-13-11-15(22-23-19(13)21-16)14-5-3-4-6-17(14)26/h2-6,11-12,26H,1,7-10H2,(H,21,23). The Kier molecular flexibility index (Phi) is 4.52. The van der Waals surface area contributed by atoms with Gasteiger partial charge in [-0.2, -0.15) is 0 Å². The zero-order valence-corrected chi connectivity index (χ0v) is 15.1. The van der Waals surface area contributed by atoms with Crippen LogP contribution in [0.4, 0.5) is 0 Å². The molecule has 1 saturated heterocycles. The van der Waals surface area contributed by atoms with Crippen molar-refractivity contribution in [2.24, 2.45) is 0 Å². The van der Waals surface area contributed by atoms with Gasteiger partial charge in [-0.05, 0) is 30.3 Å². The molecular formula is C20H19N5O3. The Balaban J connectivity index is 1.55. The molecule has 8 heteroatoms. The van der Waals surface area contributed by atoms with Crippen LogP contribution in [0.3, 0.4) is 0 Å². The number of aromatic hydroxyl groups is 1. The van der Waals surface area contributed by atoms with Crippen LogP contribution in [-0.2, 0) is 4.79 Å². The van der Waals surface area contributed by atoms with E-state index in [1.54, 1.807) is 40.1 Å². The van der Waals surface area contributed by atoms with Gasteiger partial charge in [-0.25, -0.2) is 0 Å². The number of fused-ring (bicyclic) bond motifs is 1. The van der Waals surface area contributed by atoms with Crippen molar-refractivity contribution in [3.05, 3.63) is 54.7 Å². The van der Waals surface area contributed by atoms with Crippen molar-refractivity contribution in [1.82, 2.24) is 25.0 Å². The fourth-order valence-corrected chi connectivity index (χ4v) is 3.30. The monoisotopic (exact) mass is 377 g/mol. The van der Waals surface area contributed by atoms with Gasteiger partial charge in [0.1, 0.15) is 11.4 Å². The highest BCUT2D eigenvalue weighted by Gasteiger charge is 2.25. The van der Waals surface area contributed by atoms with Crippen LogP contribution in [-0.4, -0.2) is 68.1 Å². The molecule has 0 spiro atoms. The van der Waals surface area contributed by atoms with Crippen LogP contribution in [0.1, 0.15) is 10.5 Å². The third kappa shape index (κ3) is 3.20. The molecule has 0 saturated carbocycles. The van der Waals surface area contributed by atoms with E-state index in [0.29, 0.717) is 48.8 Å². The van der Waals surface area contributed by atoms with E-state index in [4.69, 9.17) is 0 Å². The molecule has 3 heterocycles. The second-order valence-corrected chi connectivity index (χ2v) is 6.56. The third-order valence-corrected chi connectivity index (χ3v) is 4.84. The number of H-pyrrole nitrogens is 1. The Morgan fingerprint density at radius 3 is 2.50 bits per heavy atom. The Hall–Kier alpha value is -3.68. The Bertz CT molecular complexity index is 1070. The highest BCUT2D eigenvalue weighted by atomic mass is 16.3. The number of nitrogens with one attached hydrogen (secondary N) is 1. The Morgan fingerprint density at radius 1 is 1.07 bits per heavy atom. The average Bonchev–Trinajstić information content (AvgIpc) is 3.16. The largest absolute Gasteiger partial charge is 0.507 e. The molecule has 28 heavy (non-hydrogen) atoms. The topological polar surface area (TPSA) is 102 Å². The normalized spacial score (nSPS) is 14.3. The van der Waals surface area contributed by atoms with Crippen molar-refractivity contribution in [3.63, 3.8) is 0 Å². The summed E-state index contributed by atoms with van der Waals surface area (Å²) in [4.78, 5) is 30.9. The fraction of sp³-hybridized carbons (Fsp3) is 0.200. The van der Waals surface area contributed by atoms with Crippen molar-refractivity contribution < 1.29 is 14.7 Å². The van der Waals surface area contributed by atoms with E-state index < -0.39 is 0 Å². The van der Waals surface area contributed by atoms with E-state index >= 15 is 0 Å². The predicted octanol–water partition coefficient (Wildman–Crippen LogP) is 1.80. The smallest absolute Gasteiger partial charge is 0.270 e. The zero-order chi connectivity index (χ0) is 19.7.